The zero-order valence-corrected chi connectivity index (χ0v) is 9.28. The van der Waals surface area contributed by atoms with Crippen molar-refractivity contribution in [2.24, 2.45) is 0 Å². The third-order valence-corrected chi connectivity index (χ3v) is 1.81. The molecule has 0 amide bonds. The van der Waals surface area contributed by atoms with E-state index < -0.39 is 6.04 Å². The fourth-order valence-corrected chi connectivity index (χ4v) is 1.11. The molecule has 1 N–H and O–H groups in total. The summed E-state index contributed by atoms with van der Waals surface area (Å²) in [6.07, 6.45) is 1.51. The number of esters is 1. The summed E-state index contributed by atoms with van der Waals surface area (Å²) in [5, 5.41) is 2.99. The van der Waals surface area contributed by atoms with E-state index in [-0.39, 0.29) is 11.3 Å². The van der Waals surface area contributed by atoms with Crippen molar-refractivity contribution in [3.63, 3.8) is 0 Å². The third-order valence-electron chi connectivity index (χ3n) is 1.63. The standard InChI is InChI=1S/C9H12ClN3O2/c1-3-15-8(14)6(2)12-7-4-5-11-9(10)13-7/h4-6H,3H2,1-2H3,(H,11,12,13). The maximum absolute atomic E-state index is 11.3. The van der Waals surface area contributed by atoms with Crippen LogP contribution in [0.4, 0.5) is 5.82 Å². The Morgan fingerprint density at radius 3 is 3.07 bits per heavy atom. The summed E-state index contributed by atoms with van der Waals surface area (Å²) in [6, 6.07) is 1.16. The van der Waals surface area contributed by atoms with Crippen LogP contribution >= 0.6 is 11.6 Å². The van der Waals surface area contributed by atoms with E-state index in [1.807, 2.05) is 0 Å². The van der Waals surface area contributed by atoms with Gasteiger partial charge in [-0.1, -0.05) is 0 Å². The number of hydrogen-bond acceptors (Lipinski definition) is 5. The first-order chi connectivity index (χ1) is 7.13. The molecule has 1 heterocycles. The lowest BCUT2D eigenvalue weighted by molar-refractivity contribution is -0.143. The van der Waals surface area contributed by atoms with E-state index in [1.165, 1.54) is 6.20 Å². The Morgan fingerprint density at radius 2 is 2.47 bits per heavy atom. The van der Waals surface area contributed by atoms with Crippen molar-refractivity contribution in [1.82, 2.24) is 9.97 Å². The molecule has 0 radical (unpaired) electrons. The van der Waals surface area contributed by atoms with Gasteiger partial charge >= 0.3 is 5.97 Å². The quantitative estimate of drug-likeness (QED) is 0.626. The first kappa shape index (κ1) is 11.7. The minimum atomic E-state index is -0.462. The molecule has 0 spiro atoms. The summed E-state index contributed by atoms with van der Waals surface area (Å²) in [5.74, 6) is 0.169. The topological polar surface area (TPSA) is 64.1 Å². The Kier molecular flexibility index (Phi) is 4.30. The smallest absolute Gasteiger partial charge is 0.328 e. The van der Waals surface area contributed by atoms with Crippen LogP contribution < -0.4 is 5.32 Å². The van der Waals surface area contributed by atoms with E-state index in [2.05, 4.69) is 15.3 Å². The van der Waals surface area contributed by atoms with Crippen LogP contribution in [0.1, 0.15) is 13.8 Å². The van der Waals surface area contributed by atoms with Gasteiger partial charge in [0.05, 0.1) is 6.61 Å². The van der Waals surface area contributed by atoms with Crippen molar-refractivity contribution < 1.29 is 9.53 Å². The highest BCUT2D eigenvalue weighted by Crippen LogP contribution is 2.07. The van der Waals surface area contributed by atoms with Gasteiger partial charge in [-0.05, 0) is 31.5 Å². The highest BCUT2D eigenvalue weighted by molar-refractivity contribution is 6.28. The van der Waals surface area contributed by atoms with Crippen molar-refractivity contribution in [3.8, 4) is 0 Å². The van der Waals surface area contributed by atoms with Crippen LogP contribution in [-0.2, 0) is 9.53 Å². The van der Waals surface area contributed by atoms with Crippen molar-refractivity contribution in [1.29, 1.82) is 0 Å². The number of rotatable bonds is 4. The summed E-state index contributed by atoms with van der Waals surface area (Å²) in [6.45, 7) is 3.80. The fourth-order valence-electron chi connectivity index (χ4n) is 0.963. The molecule has 0 aliphatic heterocycles. The zero-order valence-electron chi connectivity index (χ0n) is 8.53. The van der Waals surface area contributed by atoms with Gasteiger partial charge in [0.2, 0.25) is 5.28 Å². The highest BCUT2D eigenvalue weighted by Gasteiger charge is 2.13. The second-order valence-corrected chi connectivity index (χ2v) is 3.17. The molecule has 5 nitrogen and oxygen atoms in total. The van der Waals surface area contributed by atoms with Crippen LogP contribution in [0.3, 0.4) is 0 Å². The molecule has 0 saturated heterocycles. The minimum Gasteiger partial charge on any atom is -0.464 e. The molecule has 1 aromatic rings. The van der Waals surface area contributed by atoms with Gasteiger partial charge in [-0.3, -0.25) is 0 Å². The molecule has 0 aromatic carbocycles. The van der Waals surface area contributed by atoms with Crippen molar-refractivity contribution in [2.75, 3.05) is 11.9 Å². The molecule has 1 rings (SSSR count). The first-order valence-corrected chi connectivity index (χ1v) is 4.93. The molecule has 1 atom stereocenters. The lowest BCUT2D eigenvalue weighted by atomic mass is 10.3. The van der Waals surface area contributed by atoms with Crippen molar-refractivity contribution in [2.45, 2.75) is 19.9 Å². The number of carbonyl (C=O) groups is 1. The molecule has 15 heavy (non-hydrogen) atoms. The Morgan fingerprint density at radius 1 is 1.73 bits per heavy atom. The Hall–Kier alpha value is -1.36. The van der Waals surface area contributed by atoms with Crippen LogP contribution in [0.5, 0.6) is 0 Å². The van der Waals surface area contributed by atoms with Crippen LogP contribution in [0.15, 0.2) is 12.3 Å². The Labute approximate surface area is 92.8 Å². The maximum atomic E-state index is 11.3. The molecule has 82 valence electrons. The van der Waals surface area contributed by atoms with Gasteiger partial charge in [0.15, 0.2) is 0 Å². The van der Waals surface area contributed by atoms with Gasteiger partial charge in [0, 0.05) is 6.20 Å². The number of ether oxygens (including phenoxy) is 1. The van der Waals surface area contributed by atoms with Gasteiger partial charge in [0.25, 0.3) is 0 Å². The summed E-state index contributed by atoms with van der Waals surface area (Å²) < 4.78 is 4.83. The summed E-state index contributed by atoms with van der Waals surface area (Å²) in [7, 11) is 0. The van der Waals surface area contributed by atoms with Gasteiger partial charge < -0.3 is 10.1 Å². The molecule has 0 aliphatic rings. The number of aromatic nitrogens is 2. The number of hydrogen-bond donors (Lipinski definition) is 1. The molecular formula is C9H12ClN3O2. The number of nitrogens with one attached hydrogen (secondary N) is 1. The molecule has 1 unspecified atom stereocenters. The maximum Gasteiger partial charge on any atom is 0.328 e. The monoisotopic (exact) mass is 229 g/mol. The molecule has 0 saturated carbocycles. The van der Waals surface area contributed by atoms with E-state index in [0.29, 0.717) is 12.4 Å². The van der Waals surface area contributed by atoms with E-state index in [9.17, 15) is 4.79 Å². The third kappa shape index (κ3) is 3.71. The zero-order chi connectivity index (χ0) is 11.3. The van der Waals surface area contributed by atoms with E-state index in [1.54, 1.807) is 19.9 Å². The average Bonchev–Trinajstić information content (AvgIpc) is 2.18. The SMILES string of the molecule is CCOC(=O)C(C)Nc1ccnc(Cl)n1. The summed E-state index contributed by atoms with van der Waals surface area (Å²) in [5.41, 5.74) is 0. The fraction of sp³-hybridized carbons (Fsp3) is 0.444. The van der Waals surface area contributed by atoms with Crippen LogP contribution in [-0.4, -0.2) is 28.6 Å². The van der Waals surface area contributed by atoms with Gasteiger partial charge in [-0.2, -0.15) is 0 Å². The molecular weight excluding hydrogens is 218 g/mol. The van der Waals surface area contributed by atoms with Crippen molar-refractivity contribution in [3.05, 3.63) is 17.5 Å². The number of carbonyl (C=O) groups excluding carboxylic acids is 1. The summed E-state index contributed by atoms with van der Waals surface area (Å²) in [4.78, 5) is 18.9. The number of halogens is 1. The highest BCUT2D eigenvalue weighted by atomic mass is 35.5. The van der Waals surface area contributed by atoms with Gasteiger partial charge in [0.1, 0.15) is 11.9 Å². The van der Waals surface area contributed by atoms with Gasteiger partial charge in [-0.15, -0.1) is 0 Å². The number of anilines is 1. The van der Waals surface area contributed by atoms with Gasteiger partial charge in [-0.25, -0.2) is 14.8 Å². The Balaban J connectivity index is 2.58. The van der Waals surface area contributed by atoms with E-state index in [4.69, 9.17) is 16.3 Å². The predicted molar refractivity (Wildman–Crippen MR) is 56.8 cm³/mol. The lowest BCUT2D eigenvalue weighted by Gasteiger charge is -2.12. The average molecular weight is 230 g/mol. The molecule has 0 bridgehead atoms. The Bertz CT molecular complexity index is 346. The van der Waals surface area contributed by atoms with Crippen LogP contribution in [0, 0.1) is 0 Å². The van der Waals surface area contributed by atoms with E-state index >= 15 is 0 Å². The summed E-state index contributed by atoms with van der Waals surface area (Å²) >= 11 is 5.59. The second kappa shape index (κ2) is 5.50. The lowest BCUT2D eigenvalue weighted by Crippen LogP contribution is -2.28. The number of nitrogens with zero attached hydrogens (tertiary/aromatic N) is 2. The normalized spacial score (nSPS) is 11.9. The molecule has 0 aliphatic carbocycles. The second-order valence-electron chi connectivity index (χ2n) is 2.83. The predicted octanol–water partition coefficient (Wildman–Crippen LogP) is 1.49. The van der Waals surface area contributed by atoms with Crippen molar-refractivity contribution >= 4 is 23.4 Å². The molecule has 6 heteroatoms. The molecule has 1 aromatic heterocycles. The molecule has 0 fully saturated rings. The minimum absolute atomic E-state index is 0.135. The van der Waals surface area contributed by atoms with E-state index in [0.717, 1.165) is 0 Å². The van der Waals surface area contributed by atoms with Crippen LogP contribution in [0.25, 0.3) is 0 Å². The largest absolute Gasteiger partial charge is 0.464 e. The first-order valence-electron chi connectivity index (χ1n) is 4.55. The van der Waals surface area contributed by atoms with Crippen LogP contribution in [0.2, 0.25) is 5.28 Å².